The van der Waals surface area contributed by atoms with Crippen LogP contribution in [0.15, 0.2) is 48.5 Å². The number of benzene rings is 2. The zero-order chi connectivity index (χ0) is 18.2. The van der Waals surface area contributed by atoms with Gasteiger partial charge in [-0.3, -0.25) is 14.4 Å². The molecule has 2 aromatic carbocycles. The smallest absolute Gasteiger partial charge is 0.257 e. The quantitative estimate of drug-likeness (QED) is 0.692. The number of anilines is 1. The first-order valence-electron chi connectivity index (χ1n) is 7.66. The van der Waals surface area contributed by atoms with Crippen LogP contribution in [0.1, 0.15) is 27.6 Å². The lowest BCUT2D eigenvalue weighted by Gasteiger charge is -2.08. The normalized spacial score (nSPS) is 10.0. The molecule has 2 aromatic rings. The second-order valence-electron chi connectivity index (χ2n) is 5.25. The molecule has 6 nitrogen and oxygen atoms in total. The molecule has 0 aliphatic rings. The maximum atomic E-state index is 12.2. The summed E-state index contributed by atoms with van der Waals surface area (Å²) < 4.78 is 0. The van der Waals surface area contributed by atoms with E-state index in [0.717, 1.165) is 0 Å². The number of carbonyl (C=O) groups is 3. The maximum Gasteiger partial charge on any atom is 0.257 e. The van der Waals surface area contributed by atoms with Crippen molar-refractivity contribution in [1.82, 2.24) is 10.6 Å². The molecule has 2 rings (SSSR count). The van der Waals surface area contributed by atoms with Gasteiger partial charge < -0.3 is 16.0 Å². The lowest BCUT2D eigenvalue weighted by molar-refractivity contribution is -0.118. The van der Waals surface area contributed by atoms with E-state index in [1.807, 2.05) is 0 Å². The molecule has 0 bridgehead atoms. The fourth-order valence-electron chi connectivity index (χ4n) is 2.07. The van der Waals surface area contributed by atoms with Gasteiger partial charge in [0.15, 0.2) is 0 Å². The Labute approximate surface area is 150 Å². The zero-order valence-corrected chi connectivity index (χ0v) is 14.4. The highest BCUT2D eigenvalue weighted by molar-refractivity contribution is 6.34. The SMILES string of the molecule is CC(=O)NCCNC(=O)c1ccc(NC(=O)c2ccccc2Cl)cc1. The standard InChI is InChI=1S/C18H18ClN3O3/c1-12(23)20-10-11-21-17(24)13-6-8-14(9-7-13)22-18(25)15-4-2-3-5-16(15)19/h2-9H,10-11H2,1H3,(H,20,23)(H,21,24)(H,22,25). The van der Waals surface area contributed by atoms with Gasteiger partial charge in [-0.05, 0) is 36.4 Å². The third-order valence-corrected chi connectivity index (χ3v) is 3.64. The van der Waals surface area contributed by atoms with Gasteiger partial charge in [-0.25, -0.2) is 0 Å². The minimum Gasteiger partial charge on any atom is -0.355 e. The van der Waals surface area contributed by atoms with Gasteiger partial charge in [-0.1, -0.05) is 23.7 Å². The van der Waals surface area contributed by atoms with E-state index < -0.39 is 0 Å². The van der Waals surface area contributed by atoms with Gasteiger partial charge in [0.25, 0.3) is 11.8 Å². The number of halogens is 1. The Hall–Kier alpha value is -2.86. The van der Waals surface area contributed by atoms with Crippen LogP contribution in [0.4, 0.5) is 5.69 Å². The molecule has 0 fully saturated rings. The number of hydrogen-bond acceptors (Lipinski definition) is 3. The Bertz CT molecular complexity index is 775. The summed E-state index contributed by atoms with van der Waals surface area (Å²) in [5.74, 6) is -0.722. The topological polar surface area (TPSA) is 87.3 Å². The maximum absolute atomic E-state index is 12.2. The number of hydrogen-bond donors (Lipinski definition) is 3. The van der Waals surface area contributed by atoms with Gasteiger partial charge in [0.05, 0.1) is 10.6 Å². The first-order valence-corrected chi connectivity index (χ1v) is 8.04. The fraction of sp³-hybridized carbons (Fsp3) is 0.167. The molecule has 0 aliphatic carbocycles. The Balaban J connectivity index is 1.91. The molecule has 0 aliphatic heterocycles. The van der Waals surface area contributed by atoms with E-state index in [2.05, 4.69) is 16.0 Å². The van der Waals surface area contributed by atoms with Crippen molar-refractivity contribution in [2.75, 3.05) is 18.4 Å². The van der Waals surface area contributed by atoms with Crippen molar-refractivity contribution >= 4 is 35.0 Å². The summed E-state index contributed by atoms with van der Waals surface area (Å²) in [6.07, 6.45) is 0. The molecule has 7 heteroatoms. The van der Waals surface area contributed by atoms with E-state index in [1.54, 1.807) is 48.5 Å². The molecule has 25 heavy (non-hydrogen) atoms. The summed E-state index contributed by atoms with van der Waals surface area (Å²) >= 11 is 5.99. The van der Waals surface area contributed by atoms with Gasteiger partial charge in [0, 0.05) is 31.3 Å². The lowest BCUT2D eigenvalue weighted by Crippen LogP contribution is -2.33. The summed E-state index contributed by atoms with van der Waals surface area (Å²) in [6.45, 7) is 2.12. The van der Waals surface area contributed by atoms with Crippen LogP contribution in [0.2, 0.25) is 5.02 Å². The van der Waals surface area contributed by atoms with Crippen LogP contribution in [-0.4, -0.2) is 30.8 Å². The molecular weight excluding hydrogens is 342 g/mol. The first-order chi connectivity index (χ1) is 12.0. The third kappa shape index (κ3) is 5.61. The molecule has 0 saturated carbocycles. The average molecular weight is 360 g/mol. The van der Waals surface area contributed by atoms with Gasteiger partial charge in [0.1, 0.15) is 0 Å². The summed E-state index contributed by atoms with van der Waals surface area (Å²) in [4.78, 5) is 34.9. The Morgan fingerprint density at radius 1 is 0.880 bits per heavy atom. The molecule has 0 unspecified atom stereocenters. The van der Waals surface area contributed by atoms with Gasteiger partial charge >= 0.3 is 0 Å². The van der Waals surface area contributed by atoms with E-state index in [4.69, 9.17) is 11.6 Å². The number of carbonyl (C=O) groups excluding carboxylic acids is 3. The van der Waals surface area contributed by atoms with Crippen LogP contribution in [0.5, 0.6) is 0 Å². The second-order valence-corrected chi connectivity index (χ2v) is 5.66. The van der Waals surface area contributed by atoms with Gasteiger partial charge in [-0.2, -0.15) is 0 Å². The highest BCUT2D eigenvalue weighted by Gasteiger charge is 2.10. The molecular formula is C18H18ClN3O3. The predicted molar refractivity (Wildman–Crippen MR) is 96.9 cm³/mol. The van der Waals surface area contributed by atoms with Crippen molar-refractivity contribution in [1.29, 1.82) is 0 Å². The lowest BCUT2D eigenvalue weighted by atomic mass is 10.1. The molecule has 130 valence electrons. The second kappa shape index (κ2) is 8.84. The van der Waals surface area contributed by atoms with E-state index >= 15 is 0 Å². The van der Waals surface area contributed by atoms with Crippen LogP contribution in [0.3, 0.4) is 0 Å². The van der Waals surface area contributed by atoms with E-state index in [0.29, 0.717) is 34.9 Å². The third-order valence-electron chi connectivity index (χ3n) is 3.31. The van der Waals surface area contributed by atoms with Crippen molar-refractivity contribution in [2.24, 2.45) is 0 Å². The van der Waals surface area contributed by atoms with Crippen LogP contribution in [0.25, 0.3) is 0 Å². The summed E-state index contributed by atoms with van der Waals surface area (Å²) in [6, 6.07) is 13.2. The van der Waals surface area contributed by atoms with Crippen LogP contribution >= 0.6 is 11.6 Å². The Morgan fingerprint density at radius 3 is 2.16 bits per heavy atom. The molecule has 0 saturated heterocycles. The van der Waals surface area contributed by atoms with Crippen LogP contribution in [-0.2, 0) is 4.79 Å². The highest BCUT2D eigenvalue weighted by atomic mass is 35.5. The van der Waals surface area contributed by atoms with Crippen molar-refractivity contribution in [3.8, 4) is 0 Å². The number of rotatable bonds is 6. The van der Waals surface area contributed by atoms with Crippen molar-refractivity contribution in [3.63, 3.8) is 0 Å². The zero-order valence-electron chi connectivity index (χ0n) is 13.6. The summed E-state index contributed by atoms with van der Waals surface area (Å²) in [5, 5.41) is 8.38. The predicted octanol–water partition coefficient (Wildman–Crippen LogP) is 2.46. The van der Waals surface area contributed by atoms with E-state index in [9.17, 15) is 14.4 Å². The molecule has 0 atom stereocenters. The minimum absolute atomic E-state index is 0.145. The first kappa shape index (κ1) is 18.5. The number of nitrogens with one attached hydrogen (secondary N) is 3. The fourth-order valence-corrected chi connectivity index (χ4v) is 2.29. The summed E-state index contributed by atoms with van der Waals surface area (Å²) in [5.41, 5.74) is 1.39. The largest absolute Gasteiger partial charge is 0.355 e. The molecule has 3 amide bonds. The van der Waals surface area contributed by atoms with Gasteiger partial charge in [0.2, 0.25) is 5.91 Å². The molecule has 0 heterocycles. The molecule has 0 aromatic heterocycles. The van der Waals surface area contributed by atoms with Crippen LogP contribution < -0.4 is 16.0 Å². The van der Waals surface area contributed by atoms with Crippen molar-refractivity contribution in [2.45, 2.75) is 6.92 Å². The Kier molecular flexibility index (Phi) is 6.54. The number of amides is 3. The van der Waals surface area contributed by atoms with Crippen LogP contribution in [0, 0.1) is 0 Å². The monoisotopic (exact) mass is 359 g/mol. The minimum atomic E-state index is -0.321. The van der Waals surface area contributed by atoms with E-state index in [-0.39, 0.29) is 17.7 Å². The highest BCUT2D eigenvalue weighted by Crippen LogP contribution is 2.17. The molecule has 3 N–H and O–H groups in total. The summed E-state index contributed by atoms with van der Waals surface area (Å²) in [7, 11) is 0. The molecule has 0 spiro atoms. The van der Waals surface area contributed by atoms with Crippen molar-refractivity contribution in [3.05, 3.63) is 64.7 Å². The van der Waals surface area contributed by atoms with Gasteiger partial charge in [-0.15, -0.1) is 0 Å². The van der Waals surface area contributed by atoms with E-state index in [1.165, 1.54) is 6.92 Å². The van der Waals surface area contributed by atoms with Crippen molar-refractivity contribution < 1.29 is 14.4 Å². The molecule has 0 radical (unpaired) electrons. The Morgan fingerprint density at radius 2 is 1.52 bits per heavy atom. The average Bonchev–Trinajstić information content (AvgIpc) is 2.59.